The van der Waals surface area contributed by atoms with E-state index in [0.717, 1.165) is 12.0 Å². The Morgan fingerprint density at radius 3 is 2.54 bits per heavy atom. The van der Waals surface area contributed by atoms with Crippen molar-refractivity contribution in [1.29, 1.82) is 0 Å². The number of halogens is 2. The maximum absolute atomic E-state index is 15.6. The number of nitrogens with two attached hydrogens (primary N) is 1. The SMILES string of the molecule is CN(C)C(=O)c1c(N)ccc(-c2cnc3c(c2Cl)C2(CCC(C)(C(=O)NC(C)(C)C)C2)CN3)c1F. The second kappa shape index (κ2) is 8.36. The second-order valence-corrected chi connectivity index (χ2v) is 11.8. The maximum atomic E-state index is 15.6. The van der Waals surface area contributed by atoms with Gasteiger partial charge < -0.3 is 21.3 Å². The number of nitrogens with zero attached hydrogens (tertiary/aromatic N) is 2. The topological polar surface area (TPSA) is 100 Å². The lowest BCUT2D eigenvalue weighted by atomic mass is 9.76. The Bertz CT molecular complexity index is 1230. The van der Waals surface area contributed by atoms with Crippen LogP contribution in [0.15, 0.2) is 18.3 Å². The summed E-state index contributed by atoms with van der Waals surface area (Å²) >= 11 is 6.97. The molecule has 0 radical (unpaired) electrons. The number of nitrogens with one attached hydrogen (secondary N) is 2. The highest BCUT2D eigenvalue weighted by Crippen LogP contribution is 2.57. The van der Waals surface area contributed by atoms with E-state index in [-0.39, 0.29) is 28.3 Å². The van der Waals surface area contributed by atoms with E-state index in [9.17, 15) is 9.59 Å². The average Bonchev–Trinajstić information content (AvgIpc) is 3.29. The zero-order valence-electron chi connectivity index (χ0n) is 21.1. The minimum atomic E-state index is -0.729. The molecule has 4 rings (SSSR count). The standard InChI is InChI=1S/C26H33ClFN5O2/c1-24(2,3)32-23(35)25(4)9-10-26(12-25)13-31-21-18(26)19(27)15(11-30-21)14-7-8-16(29)17(20(14)28)22(34)33(5)6/h7-8,11H,9-10,12-13,29H2,1-6H3,(H,30,31)(H,32,35). The van der Waals surface area contributed by atoms with Crippen LogP contribution in [0.5, 0.6) is 0 Å². The van der Waals surface area contributed by atoms with Crippen molar-refractivity contribution in [3.63, 3.8) is 0 Å². The molecular weight excluding hydrogens is 469 g/mol. The van der Waals surface area contributed by atoms with E-state index in [4.69, 9.17) is 17.3 Å². The average molecular weight is 502 g/mol. The van der Waals surface area contributed by atoms with Crippen LogP contribution in [0.1, 0.15) is 62.9 Å². The van der Waals surface area contributed by atoms with Gasteiger partial charge in [0.25, 0.3) is 5.91 Å². The van der Waals surface area contributed by atoms with E-state index in [1.54, 1.807) is 14.1 Å². The van der Waals surface area contributed by atoms with Gasteiger partial charge in [0.15, 0.2) is 0 Å². The smallest absolute Gasteiger partial charge is 0.258 e. The molecule has 1 saturated carbocycles. The number of anilines is 2. The van der Waals surface area contributed by atoms with Crippen LogP contribution in [0.2, 0.25) is 5.02 Å². The van der Waals surface area contributed by atoms with Gasteiger partial charge in [-0.05, 0) is 52.2 Å². The zero-order chi connectivity index (χ0) is 25.9. The fourth-order valence-electron chi connectivity index (χ4n) is 5.36. The molecule has 1 aliphatic heterocycles. The van der Waals surface area contributed by atoms with Gasteiger partial charge in [-0.2, -0.15) is 0 Å². The van der Waals surface area contributed by atoms with Gasteiger partial charge in [-0.15, -0.1) is 0 Å². The Labute approximate surface area is 210 Å². The molecule has 2 atom stereocenters. The van der Waals surface area contributed by atoms with Crippen molar-refractivity contribution < 1.29 is 14.0 Å². The van der Waals surface area contributed by atoms with Crippen LogP contribution < -0.4 is 16.4 Å². The highest BCUT2D eigenvalue weighted by atomic mass is 35.5. The molecule has 2 aromatic rings. The molecule has 1 fully saturated rings. The Morgan fingerprint density at radius 1 is 1.23 bits per heavy atom. The van der Waals surface area contributed by atoms with Gasteiger partial charge in [0.2, 0.25) is 5.91 Å². The van der Waals surface area contributed by atoms with Gasteiger partial charge in [-0.1, -0.05) is 18.5 Å². The highest BCUT2D eigenvalue weighted by Gasteiger charge is 2.54. The number of nitrogen functional groups attached to an aromatic ring is 1. The predicted octanol–water partition coefficient (Wildman–Crippen LogP) is 4.59. The quantitative estimate of drug-likeness (QED) is 0.534. The number of benzene rings is 1. The van der Waals surface area contributed by atoms with E-state index in [1.165, 1.54) is 23.2 Å². The summed E-state index contributed by atoms with van der Waals surface area (Å²) in [6.45, 7) is 8.50. The van der Waals surface area contributed by atoms with Crippen molar-refractivity contribution >= 4 is 34.9 Å². The van der Waals surface area contributed by atoms with Crippen molar-refractivity contribution in [2.24, 2.45) is 5.41 Å². The predicted molar refractivity (Wildman–Crippen MR) is 137 cm³/mol. The summed E-state index contributed by atoms with van der Waals surface area (Å²) in [7, 11) is 3.08. The third-order valence-corrected chi connectivity index (χ3v) is 7.54. The van der Waals surface area contributed by atoms with E-state index in [2.05, 4.69) is 15.6 Å². The lowest BCUT2D eigenvalue weighted by Gasteiger charge is -2.31. The Hall–Kier alpha value is -2.87. The summed E-state index contributed by atoms with van der Waals surface area (Å²) in [4.78, 5) is 31.6. The van der Waals surface area contributed by atoms with E-state index in [0.29, 0.717) is 35.8 Å². The van der Waals surface area contributed by atoms with Crippen molar-refractivity contribution in [3.05, 3.63) is 40.3 Å². The van der Waals surface area contributed by atoms with Gasteiger partial charge in [0.05, 0.1) is 10.6 Å². The van der Waals surface area contributed by atoms with Crippen LogP contribution in [0, 0.1) is 11.2 Å². The number of fused-ring (bicyclic) bond motifs is 2. The van der Waals surface area contributed by atoms with Crippen LogP contribution in [-0.4, -0.2) is 47.9 Å². The summed E-state index contributed by atoms with van der Waals surface area (Å²) in [5, 5.41) is 6.84. The van der Waals surface area contributed by atoms with Gasteiger partial charge >= 0.3 is 0 Å². The lowest BCUT2D eigenvalue weighted by Crippen LogP contribution is -2.47. The number of rotatable bonds is 3. The first-order chi connectivity index (χ1) is 16.2. The molecule has 2 heterocycles. The third-order valence-electron chi connectivity index (χ3n) is 7.15. The van der Waals surface area contributed by atoms with Gasteiger partial charge in [0, 0.05) is 65.6 Å². The Morgan fingerprint density at radius 2 is 1.91 bits per heavy atom. The molecule has 1 aromatic carbocycles. The van der Waals surface area contributed by atoms with Crippen LogP contribution in [-0.2, 0) is 10.2 Å². The minimum Gasteiger partial charge on any atom is -0.398 e. The molecule has 0 saturated heterocycles. The van der Waals surface area contributed by atoms with Crippen LogP contribution in [0.25, 0.3) is 11.1 Å². The van der Waals surface area contributed by atoms with Crippen molar-refractivity contribution in [2.45, 2.75) is 57.9 Å². The molecule has 188 valence electrons. The molecule has 4 N–H and O–H groups in total. The number of aromatic nitrogens is 1. The molecule has 9 heteroatoms. The van der Waals surface area contributed by atoms with Gasteiger partial charge in [0.1, 0.15) is 11.6 Å². The molecule has 1 spiro atoms. The number of pyridine rings is 1. The van der Waals surface area contributed by atoms with E-state index in [1.807, 2.05) is 27.7 Å². The van der Waals surface area contributed by atoms with Crippen LogP contribution in [0.4, 0.5) is 15.9 Å². The Kier molecular flexibility index (Phi) is 6.03. The van der Waals surface area contributed by atoms with Crippen LogP contribution >= 0.6 is 11.6 Å². The fraction of sp³-hybridized carbons (Fsp3) is 0.500. The number of hydrogen-bond donors (Lipinski definition) is 3. The number of amides is 2. The van der Waals surface area contributed by atoms with E-state index < -0.39 is 22.6 Å². The molecule has 2 unspecified atom stereocenters. The molecule has 1 aliphatic carbocycles. The maximum Gasteiger partial charge on any atom is 0.258 e. The molecule has 2 aliphatic rings. The largest absolute Gasteiger partial charge is 0.398 e. The fourth-order valence-corrected chi connectivity index (χ4v) is 5.80. The van der Waals surface area contributed by atoms with Gasteiger partial charge in [-0.25, -0.2) is 9.37 Å². The number of carbonyl (C=O) groups excluding carboxylic acids is 2. The zero-order valence-corrected chi connectivity index (χ0v) is 21.9. The summed E-state index contributed by atoms with van der Waals surface area (Å²) in [5.41, 5.74) is 5.89. The summed E-state index contributed by atoms with van der Waals surface area (Å²) in [6, 6.07) is 3.03. The highest BCUT2D eigenvalue weighted by molar-refractivity contribution is 6.34. The second-order valence-electron chi connectivity index (χ2n) is 11.4. The molecular formula is C26H33ClFN5O2. The summed E-state index contributed by atoms with van der Waals surface area (Å²) in [5.74, 6) is -0.582. The molecule has 7 nitrogen and oxygen atoms in total. The monoisotopic (exact) mass is 501 g/mol. The third kappa shape index (κ3) is 4.22. The lowest BCUT2D eigenvalue weighted by molar-refractivity contribution is -0.131. The summed E-state index contributed by atoms with van der Waals surface area (Å²) in [6.07, 6.45) is 3.57. The van der Waals surface area contributed by atoms with E-state index >= 15 is 4.39 Å². The molecule has 2 amide bonds. The normalized spacial score (nSPS) is 23.2. The first kappa shape index (κ1) is 25.2. The Balaban J connectivity index is 1.78. The molecule has 1 aromatic heterocycles. The number of hydrogen-bond acceptors (Lipinski definition) is 5. The number of carbonyl (C=O) groups is 2. The van der Waals surface area contributed by atoms with Crippen molar-refractivity contribution in [2.75, 3.05) is 31.7 Å². The van der Waals surface area contributed by atoms with Crippen LogP contribution in [0.3, 0.4) is 0 Å². The first-order valence-corrected chi connectivity index (χ1v) is 12.1. The van der Waals surface area contributed by atoms with Crippen molar-refractivity contribution in [1.82, 2.24) is 15.2 Å². The molecule has 0 bridgehead atoms. The van der Waals surface area contributed by atoms with Gasteiger partial charge in [-0.3, -0.25) is 9.59 Å². The summed E-state index contributed by atoms with van der Waals surface area (Å²) < 4.78 is 15.6. The minimum absolute atomic E-state index is 0.0204. The first-order valence-electron chi connectivity index (χ1n) is 11.7. The molecule has 35 heavy (non-hydrogen) atoms. The van der Waals surface area contributed by atoms with Crippen molar-refractivity contribution in [3.8, 4) is 11.1 Å².